The quantitative estimate of drug-likeness (QED) is 0.651. The Morgan fingerprint density at radius 1 is 1.17 bits per heavy atom. The van der Waals surface area contributed by atoms with Gasteiger partial charge in [-0.15, -0.1) is 4.31 Å². The smallest absolute Gasteiger partial charge is 0.410 e. The standard InChI is InChI=1S/C23H36N2O3S/c1-21(2,3)28-20(26)25-14-12-23(13-15-25)16-17-10-8-9-11-18(17)19(23)24(7)29(27)22(4,5)6/h8-11,19H,12-16H2,1-7H3. The van der Waals surface area contributed by atoms with Crippen LogP contribution in [0.15, 0.2) is 24.3 Å². The Balaban J connectivity index is 1.84. The number of carbonyl (C=O) groups is 1. The summed E-state index contributed by atoms with van der Waals surface area (Å²) in [4.78, 5) is 14.4. The van der Waals surface area contributed by atoms with Crippen molar-refractivity contribution in [1.29, 1.82) is 0 Å². The van der Waals surface area contributed by atoms with Crippen molar-refractivity contribution in [3.05, 3.63) is 35.4 Å². The van der Waals surface area contributed by atoms with E-state index in [9.17, 15) is 9.35 Å². The molecule has 162 valence electrons. The van der Waals surface area contributed by atoms with Crippen molar-refractivity contribution < 1.29 is 14.1 Å². The lowest BCUT2D eigenvalue weighted by Gasteiger charge is -2.46. The second-order valence-corrected chi connectivity index (χ2v) is 12.8. The molecule has 1 amide bonds. The molecule has 1 aliphatic carbocycles. The van der Waals surface area contributed by atoms with Gasteiger partial charge in [0, 0.05) is 36.9 Å². The average Bonchev–Trinajstić information content (AvgIpc) is 2.92. The predicted molar refractivity (Wildman–Crippen MR) is 118 cm³/mol. The lowest BCUT2D eigenvalue weighted by Crippen LogP contribution is -2.51. The summed E-state index contributed by atoms with van der Waals surface area (Å²) in [5.74, 6) is 0. The van der Waals surface area contributed by atoms with Crippen molar-refractivity contribution in [2.45, 2.75) is 77.2 Å². The Bertz CT molecular complexity index is 745. The SMILES string of the molecule is CN(C1c2ccccc2CC12CCN(C(=O)OC(C)(C)C)CC2)[S+]([O-])C(C)(C)C. The monoisotopic (exact) mass is 420 g/mol. The van der Waals surface area contributed by atoms with E-state index in [1.165, 1.54) is 11.1 Å². The Hall–Kier alpha value is -1.24. The highest BCUT2D eigenvalue weighted by molar-refractivity contribution is 7.90. The molecule has 1 saturated heterocycles. The van der Waals surface area contributed by atoms with Crippen LogP contribution in [0.1, 0.15) is 71.6 Å². The molecule has 0 aromatic heterocycles. The van der Waals surface area contributed by atoms with E-state index in [-0.39, 0.29) is 22.3 Å². The molecular formula is C23H36N2O3S. The van der Waals surface area contributed by atoms with Crippen molar-refractivity contribution in [3.8, 4) is 0 Å². The van der Waals surface area contributed by atoms with Crippen LogP contribution < -0.4 is 0 Å². The highest BCUT2D eigenvalue weighted by Crippen LogP contribution is 2.55. The molecule has 5 nitrogen and oxygen atoms in total. The molecule has 2 aliphatic rings. The first-order valence-corrected chi connectivity index (χ1v) is 11.7. The normalized spacial score (nSPS) is 22.7. The van der Waals surface area contributed by atoms with Crippen LogP contribution in [0.25, 0.3) is 0 Å². The minimum Gasteiger partial charge on any atom is -0.597 e. The van der Waals surface area contributed by atoms with Crippen molar-refractivity contribution >= 4 is 17.5 Å². The number of fused-ring (bicyclic) bond motifs is 1. The number of amides is 1. The third-order valence-electron chi connectivity index (χ3n) is 6.03. The van der Waals surface area contributed by atoms with Gasteiger partial charge in [0.25, 0.3) is 0 Å². The summed E-state index contributed by atoms with van der Waals surface area (Å²) >= 11 is -1.11. The highest BCUT2D eigenvalue weighted by Gasteiger charge is 2.53. The van der Waals surface area contributed by atoms with Crippen LogP contribution in [0, 0.1) is 5.41 Å². The average molecular weight is 421 g/mol. The van der Waals surface area contributed by atoms with Crippen molar-refractivity contribution in [2.75, 3.05) is 20.1 Å². The number of likely N-dealkylation sites (tertiary alicyclic amines) is 1. The van der Waals surface area contributed by atoms with Crippen LogP contribution >= 0.6 is 0 Å². The van der Waals surface area contributed by atoms with Gasteiger partial charge in [0.2, 0.25) is 0 Å². The highest BCUT2D eigenvalue weighted by atomic mass is 32.2. The van der Waals surface area contributed by atoms with Crippen LogP contribution in [-0.2, 0) is 22.5 Å². The molecule has 0 bridgehead atoms. The molecule has 2 atom stereocenters. The second kappa shape index (κ2) is 7.78. The van der Waals surface area contributed by atoms with Gasteiger partial charge in [-0.3, -0.25) is 0 Å². The molecule has 1 fully saturated rings. The van der Waals surface area contributed by atoms with E-state index >= 15 is 0 Å². The minimum atomic E-state index is -1.11. The molecule has 3 rings (SSSR count). The van der Waals surface area contributed by atoms with Gasteiger partial charge in [-0.2, -0.15) is 0 Å². The molecule has 29 heavy (non-hydrogen) atoms. The van der Waals surface area contributed by atoms with Gasteiger partial charge in [-0.25, -0.2) is 4.79 Å². The summed E-state index contributed by atoms with van der Waals surface area (Å²) in [7, 11) is 2.00. The fraction of sp³-hybridized carbons (Fsp3) is 0.696. The van der Waals surface area contributed by atoms with Gasteiger partial charge in [0.1, 0.15) is 10.3 Å². The maximum absolute atomic E-state index is 13.3. The van der Waals surface area contributed by atoms with Crippen molar-refractivity contribution in [1.82, 2.24) is 9.21 Å². The zero-order valence-corrected chi connectivity index (χ0v) is 19.8. The largest absolute Gasteiger partial charge is 0.597 e. The second-order valence-electron chi connectivity index (χ2n) is 10.5. The Morgan fingerprint density at radius 2 is 1.76 bits per heavy atom. The van der Waals surface area contributed by atoms with E-state index in [1.54, 1.807) is 0 Å². The lowest BCUT2D eigenvalue weighted by molar-refractivity contribution is 0.00171. The van der Waals surface area contributed by atoms with Crippen molar-refractivity contribution in [2.24, 2.45) is 5.41 Å². The van der Waals surface area contributed by atoms with Gasteiger partial charge < -0.3 is 14.2 Å². The third-order valence-corrected chi connectivity index (χ3v) is 7.81. The molecule has 1 heterocycles. The molecule has 1 aliphatic heterocycles. The summed E-state index contributed by atoms with van der Waals surface area (Å²) in [5.41, 5.74) is 2.15. The van der Waals surface area contributed by atoms with Gasteiger partial charge in [0.15, 0.2) is 0 Å². The molecule has 0 radical (unpaired) electrons. The fourth-order valence-corrected chi connectivity index (χ4v) is 6.18. The molecule has 1 aromatic carbocycles. The number of benzene rings is 1. The third kappa shape index (κ3) is 4.59. The molecule has 0 saturated carbocycles. The summed E-state index contributed by atoms with van der Waals surface area (Å²) in [6.45, 7) is 13.1. The predicted octanol–water partition coefficient (Wildman–Crippen LogP) is 4.70. The number of ether oxygens (including phenoxy) is 1. The molecule has 2 unspecified atom stereocenters. The molecule has 1 spiro atoms. The minimum absolute atomic E-state index is 0.00212. The van der Waals surface area contributed by atoms with E-state index in [0.29, 0.717) is 13.1 Å². The van der Waals surface area contributed by atoms with E-state index in [4.69, 9.17) is 4.74 Å². The summed E-state index contributed by atoms with van der Waals surface area (Å²) < 4.78 is 20.6. The van der Waals surface area contributed by atoms with Crippen LogP contribution in [0.4, 0.5) is 4.79 Å². The topological polar surface area (TPSA) is 55.8 Å². The molecular weight excluding hydrogens is 384 g/mol. The van der Waals surface area contributed by atoms with Gasteiger partial charge >= 0.3 is 6.09 Å². The van der Waals surface area contributed by atoms with Gasteiger partial charge in [0.05, 0.1) is 6.04 Å². The molecule has 1 aromatic rings. The first-order chi connectivity index (χ1) is 13.3. The number of rotatable bonds is 2. The number of piperidine rings is 1. The van der Waals surface area contributed by atoms with Crippen LogP contribution in [0.5, 0.6) is 0 Å². The van der Waals surface area contributed by atoms with E-state index < -0.39 is 17.0 Å². The Labute approximate surface area is 179 Å². The van der Waals surface area contributed by atoms with E-state index in [0.717, 1.165) is 19.3 Å². The lowest BCUT2D eigenvalue weighted by atomic mass is 9.73. The zero-order valence-electron chi connectivity index (χ0n) is 18.9. The summed E-state index contributed by atoms with van der Waals surface area (Å²) in [6.07, 6.45) is 2.52. The van der Waals surface area contributed by atoms with Crippen molar-refractivity contribution in [3.63, 3.8) is 0 Å². The maximum Gasteiger partial charge on any atom is 0.410 e. The summed E-state index contributed by atoms with van der Waals surface area (Å²) in [5, 5.41) is 0. The molecule has 0 N–H and O–H groups in total. The van der Waals surface area contributed by atoms with Gasteiger partial charge in [-0.05, 0) is 71.9 Å². The first kappa shape index (κ1) is 22.4. The van der Waals surface area contributed by atoms with Crippen LogP contribution in [0.3, 0.4) is 0 Å². The molecule has 6 heteroatoms. The number of carbonyl (C=O) groups excluding carboxylic acids is 1. The number of hydrogen-bond acceptors (Lipinski definition) is 4. The van der Waals surface area contributed by atoms with Crippen LogP contribution in [0.2, 0.25) is 0 Å². The maximum atomic E-state index is 13.3. The van der Waals surface area contributed by atoms with Gasteiger partial charge in [-0.1, -0.05) is 24.3 Å². The van der Waals surface area contributed by atoms with E-state index in [1.807, 2.05) is 53.5 Å². The van der Waals surface area contributed by atoms with Crippen LogP contribution in [-0.4, -0.2) is 50.3 Å². The van der Waals surface area contributed by atoms with E-state index in [2.05, 4.69) is 28.6 Å². The summed E-state index contributed by atoms with van der Waals surface area (Å²) in [6, 6.07) is 8.65. The fourth-order valence-electron chi connectivity index (χ4n) is 4.79. The number of hydrogen-bond donors (Lipinski definition) is 0. The Morgan fingerprint density at radius 3 is 2.31 bits per heavy atom. The zero-order chi connectivity index (χ0) is 21.6. The first-order valence-electron chi connectivity index (χ1n) is 10.5. The Kier molecular flexibility index (Phi) is 6.03. The number of nitrogens with zero attached hydrogens (tertiary/aromatic N) is 2.